The zero-order chi connectivity index (χ0) is 16.9. The molecule has 2 aromatic carbocycles. The molecule has 25 heavy (non-hydrogen) atoms. The molecule has 0 N–H and O–H groups in total. The Balaban J connectivity index is 1.66. The lowest BCUT2D eigenvalue weighted by molar-refractivity contribution is 0.0761. The number of fused-ring (bicyclic) bond motifs is 2. The van der Waals surface area contributed by atoms with E-state index in [9.17, 15) is 0 Å². The lowest BCUT2D eigenvalue weighted by Gasteiger charge is -2.28. The molecule has 3 nitrogen and oxygen atoms in total. The second kappa shape index (κ2) is 5.41. The van der Waals surface area contributed by atoms with E-state index in [-0.39, 0.29) is 5.60 Å². The number of pyridine rings is 1. The van der Waals surface area contributed by atoms with Crippen molar-refractivity contribution in [3.8, 4) is 5.75 Å². The summed E-state index contributed by atoms with van der Waals surface area (Å²) < 4.78 is 6.47. The Hall–Kier alpha value is -2.68. The first kappa shape index (κ1) is 14.6. The summed E-state index contributed by atoms with van der Waals surface area (Å²) in [7, 11) is 0. The Kier molecular flexibility index (Phi) is 3.17. The Bertz CT molecular complexity index is 990. The molecule has 124 valence electrons. The molecule has 0 radical (unpaired) electrons. The zero-order valence-electron chi connectivity index (χ0n) is 14.3. The van der Waals surface area contributed by atoms with E-state index in [1.165, 1.54) is 12.8 Å². The van der Waals surface area contributed by atoms with Crippen LogP contribution in [0.4, 0.5) is 0 Å². The maximum absolute atomic E-state index is 6.47. The molecule has 1 aromatic heterocycles. The highest BCUT2D eigenvalue weighted by Crippen LogP contribution is 2.44. The fourth-order valence-corrected chi connectivity index (χ4v) is 3.71. The molecule has 2 heterocycles. The van der Waals surface area contributed by atoms with E-state index < -0.39 is 0 Å². The number of hydrogen-bond acceptors (Lipinski definition) is 3. The molecule has 1 saturated carbocycles. The number of aromatic nitrogens is 1. The third-order valence-electron chi connectivity index (χ3n) is 5.34. The zero-order valence-corrected chi connectivity index (χ0v) is 14.3. The lowest BCUT2D eigenvalue weighted by Crippen LogP contribution is -2.37. The summed E-state index contributed by atoms with van der Waals surface area (Å²) in [6.45, 7) is 2.89. The van der Waals surface area contributed by atoms with E-state index in [1.807, 2.05) is 36.5 Å². The van der Waals surface area contributed by atoms with Crippen molar-refractivity contribution in [2.24, 2.45) is 10.9 Å². The topological polar surface area (TPSA) is 34.5 Å². The molecule has 3 heteroatoms. The molecule has 0 amide bonds. The van der Waals surface area contributed by atoms with Gasteiger partial charge in [0.15, 0.2) is 0 Å². The minimum absolute atomic E-state index is 0.206. The van der Waals surface area contributed by atoms with E-state index in [4.69, 9.17) is 9.73 Å². The Labute approximate surface area is 147 Å². The van der Waals surface area contributed by atoms with Gasteiger partial charge in [-0.2, -0.15) is 0 Å². The van der Waals surface area contributed by atoms with Gasteiger partial charge in [0.2, 0.25) is 0 Å². The predicted molar refractivity (Wildman–Crippen MR) is 100 cm³/mol. The fourth-order valence-electron chi connectivity index (χ4n) is 3.71. The van der Waals surface area contributed by atoms with Crippen molar-refractivity contribution in [1.29, 1.82) is 0 Å². The van der Waals surface area contributed by atoms with Crippen LogP contribution < -0.4 is 4.74 Å². The van der Waals surface area contributed by atoms with E-state index in [1.54, 1.807) is 0 Å². The number of hydrogen-bond donors (Lipinski definition) is 0. The highest BCUT2D eigenvalue weighted by atomic mass is 16.5. The Morgan fingerprint density at radius 1 is 1.04 bits per heavy atom. The standard InChI is InChI=1S/C22H20N2O/c1-22(17-10-11-17)14-24-21(18-7-3-5-9-20(18)25-22)16-12-15-6-2-4-8-19(15)23-13-16/h2-9,12-13,17H,10-11,14H2,1H3. The van der Waals surface area contributed by atoms with Crippen molar-refractivity contribution in [3.63, 3.8) is 0 Å². The van der Waals surface area contributed by atoms with Crippen LogP contribution in [0.2, 0.25) is 0 Å². The first-order valence-corrected chi connectivity index (χ1v) is 8.91. The van der Waals surface area contributed by atoms with Crippen LogP contribution in [0.15, 0.2) is 65.8 Å². The summed E-state index contributed by atoms with van der Waals surface area (Å²) in [6, 6.07) is 18.6. The number of ether oxygens (including phenoxy) is 1. The van der Waals surface area contributed by atoms with E-state index >= 15 is 0 Å². The summed E-state index contributed by atoms with van der Waals surface area (Å²) in [5, 5.41) is 1.13. The minimum atomic E-state index is -0.206. The number of benzene rings is 2. The van der Waals surface area contributed by atoms with E-state index in [0.717, 1.165) is 33.5 Å². The summed E-state index contributed by atoms with van der Waals surface area (Å²) in [6.07, 6.45) is 4.40. The van der Waals surface area contributed by atoms with Gasteiger partial charge in [-0.25, -0.2) is 0 Å². The second-order valence-corrected chi connectivity index (χ2v) is 7.27. The van der Waals surface area contributed by atoms with Crippen LogP contribution >= 0.6 is 0 Å². The van der Waals surface area contributed by atoms with Gasteiger partial charge in [0.05, 0.1) is 17.8 Å². The normalized spacial score (nSPS) is 22.7. The lowest BCUT2D eigenvalue weighted by atomic mass is 10.0. The van der Waals surface area contributed by atoms with Crippen molar-refractivity contribution in [3.05, 3.63) is 71.9 Å². The van der Waals surface area contributed by atoms with Crippen LogP contribution in [-0.4, -0.2) is 22.8 Å². The van der Waals surface area contributed by atoms with Crippen LogP contribution in [0.1, 0.15) is 30.9 Å². The van der Waals surface area contributed by atoms with Crippen molar-refractivity contribution in [1.82, 2.24) is 4.98 Å². The molecule has 1 fully saturated rings. The summed E-state index contributed by atoms with van der Waals surface area (Å²) >= 11 is 0. The highest BCUT2D eigenvalue weighted by Gasteiger charge is 2.45. The quantitative estimate of drug-likeness (QED) is 0.687. The molecular formula is C22H20N2O. The molecule has 5 rings (SSSR count). The van der Waals surface area contributed by atoms with Crippen LogP contribution in [-0.2, 0) is 0 Å². The third kappa shape index (κ3) is 2.51. The Morgan fingerprint density at radius 3 is 2.72 bits per heavy atom. The van der Waals surface area contributed by atoms with Crippen LogP contribution in [0.5, 0.6) is 5.75 Å². The second-order valence-electron chi connectivity index (χ2n) is 7.27. The van der Waals surface area contributed by atoms with Crippen LogP contribution in [0.25, 0.3) is 10.9 Å². The van der Waals surface area contributed by atoms with Crippen molar-refractivity contribution < 1.29 is 4.74 Å². The summed E-state index contributed by atoms with van der Waals surface area (Å²) in [5.41, 5.74) is 3.90. The molecular weight excluding hydrogens is 308 g/mol. The molecule has 3 aromatic rings. The average molecular weight is 328 g/mol. The number of para-hydroxylation sites is 2. The smallest absolute Gasteiger partial charge is 0.129 e. The average Bonchev–Trinajstić information content (AvgIpc) is 3.49. The van der Waals surface area contributed by atoms with Gasteiger partial charge in [-0.15, -0.1) is 0 Å². The summed E-state index contributed by atoms with van der Waals surface area (Å²) in [5.74, 6) is 1.54. The minimum Gasteiger partial charge on any atom is -0.485 e. The van der Waals surface area contributed by atoms with Gasteiger partial charge in [-0.05, 0) is 44.0 Å². The van der Waals surface area contributed by atoms with Crippen LogP contribution in [0, 0.1) is 5.92 Å². The fraction of sp³-hybridized carbons (Fsp3) is 0.273. The Morgan fingerprint density at radius 2 is 1.84 bits per heavy atom. The van der Waals surface area contributed by atoms with Crippen LogP contribution in [0.3, 0.4) is 0 Å². The number of nitrogens with zero attached hydrogens (tertiary/aromatic N) is 2. The van der Waals surface area contributed by atoms with Crippen molar-refractivity contribution >= 4 is 16.6 Å². The molecule has 1 aliphatic heterocycles. The summed E-state index contributed by atoms with van der Waals surface area (Å²) in [4.78, 5) is 9.63. The maximum atomic E-state index is 6.47. The SMILES string of the molecule is CC1(C2CC2)CN=C(c2cnc3ccccc3c2)c2ccccc2O1. The van der Waals surface area contributed by atoms with Gasteiger partial charge in [-0.1, -0.05) is 30.3 Å². The molecule has 1 unspecified atom stereocenters. The predicted octanol–water partition coefficient (Wildman–Crippen LogP) is 4.63. The first-order valence-electron chi connectivity index (χ1n) is 8.91. The van der Waals surface area contributed by atoms with Gasteiger partial charge in [0.1, 0.15) is 11.4 Å². The van der Waals surface area contributed by atoms with Gasteiger partial charge in [0.25, 0.3) is 0 Å². The van der Waals surface area contributed by atoms with Gasteiger partial charge >= 0.3 is 0 Å². The molecule has 0 saturated heterocycles. The molecule has 2 aliphatic rings. The largest absolute Gasteiger partial charge is 0.485 e. The maximum Gasteiger partial charge on any atom is 0.129 e. The van der Waals surface area contributed by atoms with Gasteiger partial charge < -0.3 is 4.74 Å². The first-order chi connectivity index (χ1) is 12.2. The molecule has 1 aliphatic carbocycles. The molecule has 1 atom stereocenters. The van der Waals surface area contributed by atoms with Gasteiger partial charge in [-0.3, -0.25) is 9.98 Å². The number of aliphatic imine (C=N–C) groups is 1. The monoisotopic (exact) mass is 328 g/mol. The van der Waals surface area contributed by atoms with E-state index in [2.05, 4.69) is 36.2 Å². The molecule has 0 spiro atoms. The molecule has 0 bridgehead atoms. The van der Waals surface area contributed by atoms with E-state index in [0.29, 0.717) is 12.5 Å². The van der Waals surface area contributed by atoms with Gasteiger partial charge in [0, 0.05) is 28.6 Å². The van der Waals surface area contributed by atoms with Crippen molar-refractivity contribution in [2.75, 3.05) is 6.54 Å². The van der Waals surface area contributed by atoms with Crippen molar-refractivity contribution in [2.45, 2.75) is 25.4 Å². The highest BCUT2D eigenvalue weighted by molar-refractivity contribution is 6.15. The third-order valence-corrected chi connectivity index (χ3v) is 5.34. The number of rotatable bonds is 2.